The molecule has 2 aliphatic carbocycles. The largest absolute Gasteiger partial charge is 0.461 e. The Morgan fingerprint density at radius 3 is 2.78 bits per heavy atom. The van der Waals surface area contributed by atoms with E-state index in [2.05, 4.69) is 32.4 Å². The van der Waals surface area contributed by atoms with Gasteiger partial charge in [-0.3, -0.25) is 14.7 Å². The molecule has 45 heavy (non-hydrogen) atoms. The van der Waals surface area contributed by atoms with E-state index in [0.717, 1.165) is 57.2 Å². The van der Waals surface area contributed by atoms with Crippen LogP contribution in [-0.2, 0) is 11.2 Å². The molecule has 232 valence electrons. The van der Waals surface area contributed by atoms with Crippen LogP contribution in [0.25, 0.3) is 27.0 Å². The molecule has 3 aromatic rings. The smallest absolute Gasteiger partial charge is 0.319 e. The zero-order valence-corrected chi connectivity index (χ0v) is 25.1. The van der Waals surface area contributed by atoms with Crippen LogP contribution in [0.4, 0.5) is 14.6 Å². The minimum absolute atomic E-state index is 0.0156. The number of amides is 1. The Morgan fingerprint density at radius 1 is 1.18 bits per heavy atom. The highest BCUT2D eigenvalue weighted by molar-refractivity contribution is 5.93. The minimum Gasteiger partial charge on any atom is -0.461 e. The van der Waals surface area contributed by atoms with Gasteiger partial charge in [0.1, 0.15) is 29.7 Å². The molecular formula is C34H35F2N7O2. The van der Waals surface area contributed by atoms with Crippen molar-refractivity contribution in [3.05, 3.63) is 65.2 Å². The Bertz CT molecular complexity index is 1760. The van der Waals surface area contributed by atoms with Crippen LogP contribution in [0.1, 0.15) is 49.1 Å². The lowest BCUT2D eigenvalue weighted by Crippen LogP contribution is -2.56. The summed E-state index contributed by atoms with van der Waals surface area (Å²) in [5.41, 5.74) is 3.66. The van der Waals surface area contributed by atoms with Gasteiger partial charge in [0.2, 0.25) is 6.54 Å². The number of pyridine rings is 1. The third-order valence-electron chi connectivity index (χ3n) is 10.7. The average Bonchev–Trinajstić information content (AvgIpc) is 3.32. The van der Waals surface area contributed by atoms with Crippen molar-refractivity contribution in [2.75, 3.05) is 50.8 Å². The lowest BCUT2D eigenvalue weighted by molar-refractivity contribution is -0.131. The summed E-state index contributed by atoms with van der Waals surface area (Å²) in [4.78, 5) is 35.9. The van der Waals surface area contributed by atoms with Gasteiger partial charge in [-0.1, -0.05) is 24.8 Å². The molecule has 0 N–H and O–H groups in total. The summed E-state index contributed by atoms with van der Waals surface area (Å²) in [5, 5.41) is 0.429. The fraction of sp³-hybridized carbons (Fsp3) is 0.500. The lowest BCUT2D eigenvalue weighted by Gasteiger charge is -2.39. The third kappa shape index (κ3) is 4.64. The van der Waals surface area contributed by atoms with Gasteiger partial charge in [-0.2, -0.15) is 9.97 Å². The molecule has 8 rings (SSSR count). The fourth-order valence-corrected chi connectivity index (χ4v) is 8.45. The van der Waals surface area contributed by atoms with Gasteiger partial charge < -0.3 is 19.4 Å². The highest BCUT2D eigenvalue weighted by Crippen LogP contribution is 2.58. The lowest BCUT2D eigenvalue weighted by atomic mass is 9.95. The normalized spacial score (nSPS) is 24.7. The van der Waals surface area contributed by atoms with Crippen LogP contribution in [-0.4, -0.2) is 88.1 Å². The predicted octanol–water partition coefficient (Wildman–Crippen LogP) is 4.92. The highest BCUT2D eigenvalue weighted by Gasteiger charge is 2.47. The Kier molecular flexibility index (Phi) is 6.75. The number of aromatic nitrogens is 3. The summed E-state index contributed by atoms with van der Waals surface area (Å²) in [6.07, 6.45) is 8.13. The van der Waals surface area contributed by atoms with Gasteiger partial charge in [0.25, 0.3) is 5.91 Å². The van der Waals surface area contributed by atoms with Crippen molar-refractivity contribution in [3.8, 4) is 17.3 Å². The maximum Gasteiger partial charge on any atom is 0.319 e. The number of benzene rings is 1. The van der Waals surface area contributed by atoms with Gasteiger partial charge >= 0.3 is 6.01 Å². The Labute approximate surface area is 260 Å². The summed E-state index contributed by atoms with van der Waals surface area (Å²) >= 11 is 0. The van der Waals surface area contributed by atoms with Crippen molar-refractivity contribution < 1.29 is 18.3 Å². The highest BCUT2D eigenvalue weighted by atomic mass is 19.1. The number of halogens is 2. The number of ether oxygens (including phenoxy) is 1. The Morgan fingerprint density at radius 2 is 2.00 bits per heavy atom. The molecule has 5 aliphatic rings. The van der Waals surface area contributed by atoms with Gasteiger partial charge in [-0.25, -0.2) is 15.4 Å². The number of nitrogens with zero attached hydrogens (tertiary/aromatic N) is 7. The quantitative estimate of drug-likeness (QED) is 0.277. The van der Waals surface area contributed by atoms with E-state index >= 15 is 4.39 Å². The summed E-state index contributed by atoms with van der Waals surface area (Å²) < 4.78 is 36.9. The molecule has 9 nitrogen and oxygen atoms in total. The van der Waals surface area contributed by atoms with Crippen LogP contribution in [0.3, 0.4) is 0 Å². The number of rotatable bonds is 7. The van der Waals surface area contributed by atoms with Crippen LogP contribution in [0, 0.1) is 18.3 Å². The van der Waals surface area contributed by atoms with E-state index in [1.165, 1.54) is 16.0 Å². The van der Waals surface area contributed by atoms with Gasteiger partial charge in [-0.05, 0) is 74.6 Å². The molecule has 1 aromatic carbocycles. The second-order valence-electron chi connectivity index (χ2n) is 13.2. The van der Waals surface area contributed by atoms with Crippen LogP contribution in [0.2, 0.25) is 0 Å². The maximum absolute atomic E-state index is 16.7. The molecule has 11 heteroatoms. The van der Waals surface area contributed by atoms with Gasteiger partial charge in [0, 0.05) is 31.4 Å². The van der Waals surface area contributed by atoms with Gasteiger partial charge in [0.15, 0.2) is 11.6 Å². The van der Waals surface area contributed by atoms with Crippen molar-refractivity contribution in [2.24, 2.45) is 5.92 Å². The number of anilines is 1. The number of piperazine rings is 1. The van der Waals surface area contributed by atoms with Crippen LogP contribution in [0.5, 0.6) is 6.01 Å². The van der Waals surface area contributed by atoms with Crippen LogP contribution >= 0.6 is 0 Å². The number of hydrogen-bond donors (Lipinski definition) is 0. The average molecular weight is 612 g/mol. The number of fused-ring (bicyclic) bond motifs is 5. The molecule has 0 spiro atoms. The first-order valence-corrected chi connectivity index (χ1v) is 16.0. The van der Waals surface area contributed by atoms with Gasteiger partial charge in [-0.15, -0.1) is 0 Å². The molecule has 1 saturated carbocycles. The summed E-state index contributed by atoms with van der Waals surface area (Å²) in [6, 6.07) is 5.56. The number of carbonyl (C=O) groups is 1. The minimum atomic E-state index is -1.06. The van der Waals surface area contributed by atoms with Crippen molar-refractivity contribution in [3.63, 3.8) is 0 Å². The Balaban J connectivity index is 1.20. The first kappa shape index (κ1) is 28.3. The van der Waals surface area contributed by atoms with E-state index in [1.54, 1.807) is 6.20 Å². The summed E-state index contributed by atoms with van der Waals surface area (Å²) in [6.45, 7) is 13.8. The van der Waals surface area contributed by atoms with Gasteiger partial charge in [0.05, 0.1) is 10.9 Å². The third-order valence-corrected chi connectivity index (χ3v) is 10.7. The van der Waals surface area contributed by atoms with Crippen molar-refractivity contribution >= 4 is 22.6 Å². The molecule has 2 aromatic heterocycles. The molecule has 5 heterocycles. The first-order chi connectivity index (χ1) is 21.9. The molecular weight excluding hydrogens is 576 g/mol. The summed E-state index contributed by atoms with van der Waals surface area (Å²) in [5.74, 6) is -0.846. The molecule has 0 unspecified atom stereocenters. The van der Waals surface area contributed by atoms with Crippen molar-refractivity contribution in [2.45, 2.75) is 56.0 Å². The monoisotopic (exact) mass is 611 g/mol. The topological polar surface area (TPSA) is 79.1 Å². The Hall–Kier alpha value is -4.17. The fourth-order valence-electron chi connectivity index (χ4n) is 8.45. The van der Waals surface area contributed by atoms with E-state index in [9.17, 15) is 9.18 Å². The maximum atomic E-state index is 16.7. The van der Waals surface area contributed by atoms with E-state index in [0.29, 0.717) is 36.2 Å². The van der Waals surface area contributed by atoms with E-state index in [1.807, 2.05) is 17.0 Å². The van der Waals surface area contributed by atoms with Crippen molar-refractivity contribution in [1.29, 1.82) is 0 Å². The first-order valence-electron chi connectivity index (χ1n) is 16.0. The second kappa shape index (κ2) is 10.7. The number of hydrogen-bond acceptors (Lipinski definition) is 7. The van der Waals surface area contributed by atoms with Crippen LogP contribution in [0.15, 0.2) is 36.8 Å². The molecule has 4 fully saturated rings. The van der Waals surface area contributed by atoms with Crippen LogP contribution < -0.4 is 9.64 Å². The van der Waals surface area contributed by atoms with E-state index in [4.69, 9.17) is 16.3 Å². The molecule has 3 atom stereocenters. The molecule has 0 bridgehead atoms. The van der Waals surface area contributed by atoms with E-state index < -0.39 is 23.6 Å². The second-order valence-corrected chi connectivity index (χ2v) is 13.2. The number of carbonyl (C=O) groups excluding carboxylic acids is 1. The zero-order valence-electron chi connectivity index (χ0n) is 25.1. The standard InChI is InChI=1S/C34H35F2N7O2/c1-20(35)32(44)43-13-12-41(18-23(43)16-37-2)31-26-17-38-29(24-7-3-6-21-14-22-15-25(22)27(21)24)28(36)30(26)39-33(40-31)45-19-34-8-4-10-42(34)11-5-9-34/h3,6-7,17,22-23,25H,1,4-5,8-16,18-19H2/t22-,23-,25+/m0/s1. The molecule has 3 saturated heterocycles. The molecule has 1 amide bonds. The summed E-state index contributed by atoms with van der Waals surface area (Å²) in [7, 11) is 0. The molecule has 0 radical (unpaired) electrons. The molecule has 3 aliphatic heterocycles. The van der Waals surface area contributed by atoms with Crippen molar-refractivity contribution in [1.82, 2.24) is 24.8 Å². The predicted molar refractivity (Wildman–Crippen MR) is 165 cm³/mol. The SMILES string of the molecule is [C-]#[N+]C[C@H]1CN(c2nc(OCC34CCCN3CCC4)nc3c(F)c(-c4cccc5c4[C@@H]4C[C@@H]4C5)ncc23)CCN1C(=O)C(=C)F. The zero-order chi connectivity index (χ0) is 30.9. The van der Waals surface area contributed by atoms with E-state index in [-0.39, 0.29) is 42.4 Å².